The third-order valence-corrected chi connectivity index (χ3v) is 1.12. The molecule has 1 rings (SSSR count). The fourth-order valence-electron chi connectivity index (χ4n) is 0.793. The van der Waals surface area contributed by atoms with Crippen LogP contribution in [0.25, 0.3) is 0 Å². The van der Waals surface area contributed by atoms with Crippen molar-refractivity contribution < 1.29 is 4.58 Å². The van der Waals surface area contributed by atoms with Gasteiger partial charge < -0.3 is 0 Å². The van der Waals surface area contributed by atoms with E-state index >= 15 is 0 Å². The molecule has 0 N–H and O–H groups in total. The molecule has 62 valence electrons. The van der Waals surface area contributed by atoms with Gasteiger partial charge >= 0.3 is 0 Å². The van der Waals surface area contributed by atoms with Crippen LogP contribution in [0, 0.1) is 0 Å². The molecule has 0 atom stereocenters. The Morgan fingerprint density at radius 2 is 2.27 bits per heavy atom. The van der Waals surface area contributed by atoms with E-state index < -0.39 is 0 Å². The molecule has 0 fully saturated rings. The lowest BCUT2D eigenvalue weighted by Crippen LogP contribution is -2.12. The van der Waals surface area contributed by atoms with Crippen molar-refractivity contribution in [3.8, 4) is 0 Å². The fourth-order valence-corrected chi connectivity index (χ4v) is 0.793. The highest BCUT2D eigenvalue weighted by atomic mass is 15.1. The highest BCUT2D eigenvalue weighted by Crippen LogP contribution is 1.89. The minimum atomic E-state index is 0.931. The van der Waals surface area contributed by atoms with Crippen molar-refractivity contribution in [3.63, 3.8) is 0 Å². The fraction of sp³-hybridized carbons (Fsp3) is 0.556. The first-order chi connectivity index (χ1) is 5.29. The topological polar surface area (TPSA) is 15.4 Å². The highest BCUT2D eigenvalue weighted by molar-refractivity contribution is 5.74. The second-order valence-electron chi connectivity index (χ2n) is 2.33. The monoisotopic (exact) mass is 153 g/mol. The van der Waals surface area contributed by atoms with Crippen LogP contribution in [0.2, 0.25) is 0 Å². The van der Waals surface area contributed by atoms with E-state index in [4.69, 9.17) is 0 Å². The average Bonchev–Trinajstić information content (AvgIpc) is 2.43. The van der Waals surface area contributed by atoms with Gasteiger partial charge in [0.05, 0.1) is 0 Å². The second kappa shape index (κ2) is 5.83. The summed E-state index contributed by atoms with van der Waals surface area (Å²) in [5.41, 5.74) is 1.18. The van der Waals surface area contributed by atoms with Crippen molar-refractivity contribution in [3.05, 3.63) is 12.2 Å². The molecule has 0 unspecified atom stereocenters. The van der Waals surface area contributed by atoms with Crippen LogP contribution in [0.15, 0.2) is 17.1 Å². The van der Waals surface area contributed by atoms with Gasteiger partial charge in [0.2, 0.25) is 0 Å². The third-order valence-electron chi connectivity index (χ3n) is 1.12. The number of hydrogen-bond donors (Lipinski definition) is 0. The summed E-state index contributed by atoms with van der Waals surface area (Å²) in [6.45, 7) is 11.7. The Balaban J connectivity index is 0.000000461. The summed E-state index contributed by atoms with van der Waals surface area (Å²) in [6.07, 6.45) is 3.73. The van der Waals surface area contributed by atoms with Crippen LogP contribution < -0.4 is 0 Å². The summed E-state index contributed by atoms with van der Waals surface area (Å²) in [4.78, 5) is 3.95. The first-order valence-electron chi connectivity index (χ1n) is 4.02. The summed E-state index contributed by atoms with van der Waals surface area (Å²) in [5, 5.41) is 0. The van der Waals surface area contributed by atoms with Crippen molar-refractivity contribution in [1.82, 2.24) is 0 Å². The van der Waals surface area contributed by atoms with E-state index in [9.17, 15) is 0 Å². The van der Waals surface area contributed by atoms with Gasteiger partial charge in [-0.3, -0.25) is 4.58 Å². The van der Waals surface area contributed by atoms with Crippen LogP contribution in [0.3, 0.4) is 0 Å². The molecule has 1 aliphatic heterocycles. The molecule has 2 heteroatoms. The van der Waals surface area contributed by atoms with E-state index in [0.717, 1.165) is 13.1 Å². The molecular weight excluding hydrogens is 136 g/mol. The lowest BCUT2D eigenvalue weighted by atomic mass is 10.3. The minimum Gasteiger partial charge on any atom is -0.254 e. The molecule has 0 bridgehead atoms. The highest BCUT2D eigenvalue weighted by Gasteiger charge is 2.03. The minimum absolute atomic E-state index is 0.931. The predicted octanol–water partition coefficient (Wildman–Crippen LogP) is 1.71. The van der Waals surface area contributed by atoms with Gasteiger partial charge in [-0.25, -0.2) is 0 Å². The van der Waals surface area contributed by atoms with Crippen LogP contribution in [0.5, 0.6) is 0 Å². The van der Waals surface area contributed by atoms with Crippen molar-refractivity contribution >= 4 is 12.6 Å². The van der Waals surface area contributed by atoms with Crippen molar-refractivity contribution in [2.75, 3.05) is 13.1 Å². The Kier molecular flexibility index (Phi) is 5.35. The van der Waals surface area contributed by atoms with Crippen molar-refractivity contribution in [2.24, 2.45) is 4.99 Å². The lowest BCUT2D eigenvalue weighted by molar-refractivity contribution is -0.496. The van der Waals surface area contributed by atoms with Crippen molar-refractivity contribution in [2.45, 2.75) is 20.8 Å². The van der Waals surface area contributed by atoms with Gasteiger partial charge in [-0.15, -0.1) is 0 Å². The molecule has 2 nitrogen and oxygen atoms in total. The van der Waals surface area contributed by atoms with Crippen molar-refractivity contribution in [1.29, 1.82) is 0 Å². The van der Waals surface area contributed by atoms with Gasteiger partial charge in [0.1, 0.15) is 13.1 Å². The van der Waals surface area contributed by atoms with Gasteiger partial charge in [0, 0.05) is 0 Å². The average molecular weight is 153 g/mol. The van der Waals surface area contributed by atoms with Crippen LogP contribution in [-0.4, -0.2) is 30.2 Å². The largest absolute Gasteiger partial charge is 0.281 e. The zero-order chi connectivity index (χ0) is 8.69. The van der Waals surface area contributed by atoms with Gasteiger partial charge in [0.25, 0.3) is 6.34 Å². The van der Waals surface area contributed by atoms with Gasteiger partial charge in [-0.05, 0) is 12.5 Å². The Morgan fingerprint density at radius 3 is 2.64 bits per heavy atom. The van der Waals surface area contributed by atoms with Crippen LogP contribution in [-0.2, 0) is 0 Å². The third kappa shape index (κ3) is 4.48. The predicted molar refractivity (Wildman–Crippen MR) is 50.7 cm³/mol. The summed E-state index contributed by atoms with van der Waals surface area (Å²) in [7, 11) is 0. The number of hydrogen-bond acceptors (Lipinski definition) is 1. The smallest absolute Gasteiger partial charge is 0.254 e. The molecule has 1 heterocycles. The van der Waals surface area contributed by atoms with Gasteiger partial charge in [0.15, 0.2) is 6.21 Å². The molecule has 0 amide bonds. The molecule has 0 aromatic carbocycles. The molecule has 11 heavy (non-hydrogen) atoms. The van der Waals surface area contributed by atoms with E-state index in [-0.39, 0.29) is 0 Å². The van der Waals surface area contributed by atoms with E-state index in [0.29, 0.717) is 0 Å². The first-order valence-corrected chi connectivity index (χ1v) is 4.02. The summed E-state index contributed by atoms with van der Waals surface area (Å²) >= 11 is 0. The molecule has 0 aromatic rings. The normalized spacial score (nSPS) is 13.5. The summed E-state index contributed by atoms with van der Waals surface area (Å²) in [6, 6.07) is 0. The Bertz CT molecular complexity index is 178. The quantitative estimate of drug-likeness (QED) is 0.424. The zero-order valence-corrected chi connectivity index (χ0v) is 7.67. The molecular formula is C9H17N2+. The molecule has 0 radical (unpaired) electrons. The first kappa shape index (κ1) is 10.1. The number of rotatable bonds is 2. The van der Waals surface area contributed by atoms with E-state index in [1.54, 1.807) is 0 Å². The lowest BCUT2D eigenvalue weighted by Gasteiger charge is -1.95. The summed E-state index contributed by atoms with van der Waals surface area (Å²) in [5.74, 6) is 0. The van der Waals surface area contributed by atoms with E-state index in [1.807, 2.05) is 33.3 Å². The molecule has 1 aliphatic rings. The molecule has 0 saturated heterocycles. The maximum atomic E-state index is 3.95. The Hall–Kier alpha value is -0.920. The second-order valence-corrected chi connectivity index (χ2v) is 2.33. The molecule has 0 saturated carbocycles. The maximum Gasteiger partial charge on any atom is 0.281 e. The zero-order valence-electron chi connectivity index (χ0n) is 7.67. The van der Waals surface area contributed by atoms with Crippen LogP contribution >= 0.6 is 0 Å². The Morgan fingerprint density at radius 1 is 1.64 bits per heavy atom. The van der Waals surface area contributed by atoms with Gasteiger partial charge in [-0.1, -0.05) is 25.4 Å². The molecule has 0 spiro atoms. The number of aliphatic imine (C=N–C) groups is 1. The molecule has 0 aromatic heterocycles. The SMILES string of the molecule is C=C(C)C[N+]1=CN=CC1.CC. The van der Waals surface area contributed by atoms with Crippen LogP contribution in [0.1, 0.15) is 20.8 Å². The van der Waals surface area contributed by atoms with Crippen LogP contribution in [0.4, 0.5) is 0 Å². The maximum absolute atomic E-state index is 3.95. The molecule has 0 aliphatic carbocycles. The summed E-state index contributed by atoms with van der Waals surface area (Å²) < 4.78 is 2.11. The van der Waals surface area contributed by atoms with E-state index in [2.05, 4.69) is 16.1 Å². The standard InChI is InChI=1S/C7H11N2.C2H6/c1-7(2)5-9-4-3-8-6-9;1-2/h3,6H,1,4-5H2,2H3;1-2H3/q+1;. The van der Waals surface area contributed by atoms with E-state index in [1.165, 1.54) is 5.57 Å². The van der Waals surface area contributed by atoms with Gasteiger partial charge in [-0.2, -0.15) is 0 Å². The Labute approximate surface area is 69.0 Å². The number of nitrogens with zero attached hydrogens (tertiary/aromatic N) is 2.